The average Bonchev–Trinajstić information content (AvgIpc) is 3.17. The van der Waals surface area contributed by atoms with Gasteiger partial charge in [0, 0.05) is 29.7 Å². The molecule has 0 bridgehead atoms. The summed E-state index contributed by atoms with van der Waals surface area (Å²) in [7, 11) is 0. The zero-order chi connectivity index (χ0) is 21.3. The lowest BCUT2D eigenvalue weighted by atomic mass is 10.0. The summed E-state index contributed by atoms with van der Waals surface area (Å²) in [5.41, 5.74) is 1.88. The molecule has 1 amide bonds. The van der Waals surface area contributed by atoms with Gasteiger partial charge in [-0.05, 0) is 43.5 Å². The van der Waals surface area contributed by atoms with E-state index in [9.17, 15) is 4.79 Å². The minimum absolute atomic E-state index is 0.0186. The Morgan fingerprint density at radius 3 is 2.47 bits per heavy atom. The van der Waals surface area contributed by atoms with E-state index in [1.54, 1.807) is 12.4 Å². The lowest BCUT2D eigenvalue weighted by molar-refractivity contribution is -0.119. The summed E-state index contributed by atoms with van der Waals surface area (Å²) in [5.74, 6) is 1.75. The smallest absolute Gasteiger partial charge is 0.230 e. The van der Waals surface area contributed by atoms with Crippen molar-refractivity contribution in [3.05, 3.63) is 54.9 Å². The lowest BCUT2D eigenvalue weighted by Crippen LogP contribution is -2.33. The number of nitrogens with one attached hydrogen (secondary N) is 1. The Balaban J connectivity index is 1.69. The fraction of sp³-hybridized carbons (Fsp3) is 0.391. The van der Waals surface area contributed by atoms with Crippen LogP contribution < -0.4 is 5.32 Å². The number of aromatic nitrogens is 4. The quantitative estimate of drug-likeness (QED) is 0.476. The molecule has 0 spiro atoms. The molecule has 7 heteroatoms. The molecule has 158 valence electrons. The number of carbonyl (C=O) groups excluding carboxylic acids is 1. The number of para-hydroxylation sites is 1. The second-order valence-electron chi connectivity index (χ2n) is 7.80. The zero-order valence-corrected chi connectivity index (χ0v) is 18.6. The van der Waals surface area contributed by atoms with Gasteiger partial charge in [0.2, 0.25) is 5.91 Å². The molecule has 0 aliphatic heterocycles. The van der Waals surface area contributed by atoms with Crippen molar-refractivity contribution in [3.63, 3.8) is 0 Å². The van der Waals surface area contributed by atoms with E-state index in [2.05, 4.69) is 41.3 Å². The van der Waals surface area contributed by atoms with Crippen LogP contribution in [0.3, 0.4) is 0 Å². The van der Waals surface area contributed by atoms with Crippen molar-refractivity contribution in [2.24, 2.45) is 5.92 Å². The van der Waals surface area contributed by atoms with Crippen molar-refractivity contribution < 1.29 is 4.79 Å². The summed E-state index contributed by atoms with van der Waals surface area (Å²) in [6.07, 6.45) is 6.79. The van der Waals surface area contributed by atoms with Crippen LogP contribution in [0.4, 0.5) is 0 Å². The van der Waals surface area contributed by atoms with Gasteiger partial charge in [0.25, 0.3) is 0 Å². The number of pyridine rings is 1. The molecule has 2 heterocycles. The van der Waals surface area contributed by atoms with Crippen LogP contribution in [0, 0.1) is 5.92 Å². The molecule has 0 aliphatic rings. The van der Waals surface area contributed by atoms with Crippen LogP contribution in [0.2, 0.25) is 0 Å². The molecule has 0 radical (unpaired) electrons. The number of thioether (sulfide) groups is 1. The van der Waals surface area contributed by atoms with E-state index < -0.39 is 0 Å². The fourth-order valence-corrected chi connectivity index (χ4v) is 3.98. The van der Waals surface area contributed by atoms with E-state index in [0.29, 0.717) is 16.8 Å². The minimum atomic E-state index is 0.0186. The van der Waals surface area contributed by atoms with Crippen LogP contribution in [-0.4, -0.2) is 37.5 Å². The molecule has 1 N–H and O–H groups in total. The van der Waals surface area contributed by atoms with Crippen molar-refractivity contribution >= 4 is 17.7 Å². The molecule has 1 atom stereocenters. The zero-order valence-electron chi connectivity index (χ0n) is 17.8. The summed E-state index contributed by atoms with van der Waals surface area (Å²) >= 11 is 1.40. The van der Waals surface area contributed by atoms with Gasteiger partial charge in [0.05, 0.1) is 5.75 Å². The van der Waals surface area contributed by atoms with Crippen molar-refractivity contribution in [1.29, 1.82) is 0 Å². The van der Waals surface area contributed by atoms with Crippen LogP contribution in [0.1, 0.15) is 40.0 Å². The van der Waals surface area contributed by atoms with E-state index in [1.165, 1.54) is 18.2 Å². The monoisotopic (exact) mass is 423 g/mol. The van der Waals surface area contributed by atoms with Gasteiger partial charge in [-0.1, -0.05) is 56.7 Å². The minimum Gasteiger partial charge on any atom is -0.353 e. The largest absolute Gasteiger partial charge is 0.353 e. The predicted octanol–water partition coefficient (Wildman–Crippen LogP) is 4.75. The highest BCUT2D eigenvalue weighted by Gasteiger charge is 2.17. The molecule has 6 nitrogen and oxygen atoms in total. The second-order valence-corrected chi connectivity index (χ2v) is 8.74. The highest BCUT2D eigenvalue weighted by Crippen LogP contribution is 2.27. The standard InChI is InChI=1S/C23H29N5OS/c1-17(2)8-7-9-18(3)25-21(29)16-30-23-27-26-22(19-12-14-24-15-13-19)28(23)20-10-5-4-6-11-20/h4-6,10-15,17-18H,7-9,16H2,1-3H3,(H,25,29)/t18-/m0/s1. The first-order valence-electron chi connectivity index (χ1n) is 10.4. The van der Waals surface area contributed by atoms with E-state index in [1.807, 2.05) is 47.0 Å². The van der Waals surface area contributed by atoms with Crippen LogP contribution in [0.5, 0.6) is 0 Å². The maximum absolute atomic E-state index is 12.5. The Hall–Kier alpha value is -2.67. The SMILES string of the molecule is CC(C)CCC[C@H](C)NC(=O)CSc1nnc(-c2ccncc2)n1-c1ccccc1. The predicted molar refractivity (Wildman–Crippen MR) is 122 cm³/mol. The van der Waals surface area contributed by atoms with Crippen molar-refractivity contribution in [3.8, 4) is 17.1 Å². The van der Waals surface area contributed by atoms with E-state index >= 15 is 0 Å². The van der Waals surface area contributed by atoms with Gasteiger partial charge in [0.1, 0.15) is 0 Å². The summed E-state index contributed by atoms with van der Waals surface area (Å²) in [6, 6.07) is 13.9. The van der Waals surface area contributed by atoms with Gasteiger partial charge in [-0.15, -0.1) is 10.2 Å². The molecule has 0 unspecified atom stereocenters. The maximum atomic E-state index is 12.5. The molecule has 3 rings (SSSR count). The van der Waals surface area contributed by atoms with Gasteiger partial charge < -0.3 is 5.32 Å². The van der Waals surface area contributed by atoms with Crippen LogP contribution in [0.25, 0.3) is 17.1 Å². The number of nitrogens with zero attached hydrogens (tertiary/aromatic N) is 4. The summed E-state index contributed by atoms with van der Waals surface area (Å²) in [5, 5.41) is 12.5. The van der Waals surface area contributed by atoms with E-state index in [4.69, 9.17) is 0 Å². The second kappa shape index (κ2) is 10.9. The summed E-state index contributed by atoms with van der Waals surface area (Å²) < 4.78 is 1.99. The Labute approximate surface area is 182 Å². The van der Waals surface area contributed by atoms with Crippen molar-refractivity contribution in [1.82, 2.24) is 25.1 Å². The first kappa shape index (κ1) is 22.0. The third kappa shape index (κ3) is 6.16. The fourth-order valence-electron chi connectivity index (χ4n) is 3.21. The van der Waals surface area contributed by atoms with Gasteiger partial charge in [-0.2, -0.15) is 0 Å². The molecule has 30 heavy (non-hydrogen) atoms. The number of benzene rings is 1. The summed E-state index contributed by atoms with van der Waals surface area (Å²) in [6.45, 7) is 6.52. The molecular weight excluding hydrogens is 394 g/mol. The van der Waals surface area contributed by atoms with Crippen LogP contribution >= 0.6 is 11.8 Å². The van der Waals surface area contributed by atoms with E-state index in [0.717, 1.165) is 29.9 Å². The van der Waals surface area contributed by atoms with Crippen molar-refractivity contribution in [2.45, 2.75) is 51.2 Å². The van der Waals surface area contributed by atoms with Gasteiger partial charge in [0.15, 0.2) is 11.0 Å². The van der Waals surface area contributed by atoms with Crippen molar-refractivity contribution in [2.75, 3.05) is 5.75 Å². The first-order valence-corrected chi connectivity index (χ1v) is 11.4. The molecule has 0 saturated heterocycles. The molecule has 0 fully saturated rings. The molecule has 0 aliphatic carbocycles. The average molecular weight is 424 g/mol. The Morgan fingerprint density at radius 1 is 1.03 bits per heavy atom. The first-order chi connectivity index (χ1) is 14.5. The third-order valence-electron chi connectivity index (χ3n) is 4.74. The maximum Gasteiger partial charge on any atom is 0.230 e. The molecule has 2 aromatic heterocycles. The normalized spacial score (nSPS) is 12.1. The number of hydrogen-bond acceptors (Lipinski definition) is 5. The molecule has 0 saturated carbocycles. The lowest BCUT2D eigenvalue weighted by Gasteiger charge is -2.14. The number of carbonyl (C=O) groups is 1. The van der Waals surface area contributed by atoms with Crippen LogP contribution in [-0.2, 0) is 4.79 Å². The molecular formula is C23H29N5OS. The third-order valence-corrected chi connectivity index (χ3v) is 5.67. The molecule has 1 aromatic carbocycles. The number of rotatable bonds is 10. The number of amides is 1. The Morgan fingerprint density at radius 2 is 1.77 bits per heavy atom. The highest BCUT2D eigenvalue weighted by molar-refractivity contribution is 7.99. The summed E-state index contributed by atoms with van der Waals surface area (Å²) in [4.78, 5) is 16.5. The Kier molecular flexibility index (Phi) is 8.02. The topological polar surface area (TPSA) is 72.7 Å². The van der Waals surface area contributed by atoms with Crippen LogP contribution in [0.15, 0.2) is 60.0 Å². The Bertz CT molecular complexity index is 927. The highest BCUT2D eigenvalue weighted by atomic mass is 32.2. The van der Waals surface area contributed by atoms with E-state index in [-0.39, 0.29) is 11.9 Å². The molecule has 3 aromatic rings. The van der Waals surface area contributed by atoms with Gasteiger partial charge in [-0.25, -0.2) is 0 Å². The van der Waals surface area contributed by atoms with Gasteiger partial charge in [-0.3, -0.25) is 14.3 Å². The van der Waals surface area contributed by atoms with Gasteiger partial charge >= 0.3 is 0 Å². The number of hydrogen-bond donors (Lipinski definition) is 1.